The molecule has 1 aromatic carbocycles. The first-order valence-corrected chi connectivity index (χ1v) is 8.93. The number of ether oxygens (including phenoxy) is 2. The summed E-state index contributed by atoms with van der Waals surface area (Å²) in [5, 5.41) is 7.41. The predicted molar refractivity (Wildman–Crippen MR) is 89.4 cm³/mol. The fourth-order valence-electron chi connectivity index (χ4n) is 3.80. The van der Waals surface area contributed by atoms with Gasteiger partial charge in [-0.25, -0.2) is 0 Å². The van der Waals surface area contributed by atoms with Crippen molar-refractivity contribution >= 4 is 5.91 Å². The van der Waals surface area contributed by atoms with Crippen molar-refractivity contribution in [1.29, 1.82) is 0 Å². The zero-order valence-electron chi connectivity index (χ0n) is 13.9. The van der Waals surface area contributed by atoms with Gasteiger partial charge in [-0.15, -0.1) is 0 Å². The Labute approximate surface area is 145 Å². The minimum Gasteiger partial charge on any atom is -0.454 e. The highest BCUT2D eigenvalue weighted by Crippen LogP contribution is 2.49. The molecule has 5 rings (SSSR count). The Morgan fingerprint density at radius 3 is 2.72 bits per heavy atom. The number of nitrogens with zero attached hydrogens (tertiary/aromatic N) is 1. The Morgan fingerprint density at radius 2 is 1.92 bits per heavy atom. The molecule has 130 valence electrons. The summed E-state index contributed by atoms with van der Waals surface area (Å²) in [4.78, 5) is 12.8. The summed E-state index contributed by atoms with van der Waals surface area (Å²) in [6, 6.07) is 7.87. The average Bonchev–Trinajstić information content (AvgIpc) is 3.06. The Hall–Kier alpha value is -2.50. The molecule has 0 unspecified atom stereocenters. The van der Waals surface area contributed by atoms with Crippen LogP contribution in [0.25, 0.3) is 11.3 Å². The maximum atomic E-state index is 12.8. The number of rotatable bonds is 4. The van der Waals surface area contributed by atoms with Crippen molar-refractivity contribution in [1.82, 2.24) is 10.5 Å². The largest absolute Gasteiger partial charge is 0.454 e. The van der Waals surface area contributed by atoms with Crippen LogP contribution in [0, 0.1) is 0 Å². The number of hydrogen-bond donors (Lipinski definition) is 1. The molecule has 2 heterocycles. The highest BCUT2D eigenvalue weighted by Gasteiger charge is 2.54. The molecule has 6 nitrogen and oxygen atoms in total. The summed E-state index contributed by atoms with van der Waals surface area (Å²) in [5.41, 5.74) is 1.10. The monoisotopic (exact) mass is 340 g/mol. The second kappa shape index (κ2) is 5.51. The van der Waals surface area contributed by atoms with Crippen molar-refractivity contribution in [2.24, 2.45) is 0 Å². The van der Waals surface area contributed by atoms with Crippen molar-refractivity contribution in [3.8, 4) is 22.8 Å². The van der Waals surface area contributed by atoms with Crippen molar-refractivity contribution < 1.29 is 18.8 Å². The molecule has 0 bridgehead atoms. The lowest BCUT2D eigenvalue weighted by Crippen LogP contribution is -2.40. The van der Waals surface area contributed by atoms with Crippen LogP contribution in [-0.4, -0.2) is 23.9 Å². The van der Waals surface area contributed by atoms with Gasteiger partial charge in [0.1, 0.15) is 0 Å². The van der Waals surface area contributed by atoms with Gasteiger partial charge in [-0.1, -0.05) is 18.0 Å². The van der Waals surface area contributed by atoms with E-state index in [4.69, 9.17) is 14.0 Å². The average molecular weight is 340 g/mol. The van der Waals surface area contributed by atoms with E-state index >= 15 is 0 Å². The number of aromatic nitrogens is 1. The van der Waals surface area contributed by atoms with Gasteiger partial charge in [-0.3, -0.25) is 4.79 Å². The topological polar surface area (TPSA) is 73.6 Å². The third kappa shape index (κ3) is 2.47. The lowest BCUT2D eigenvalue weighted by molar-refractivity contribution is -0.124. The molecule has 1 amide bonds. The number of hydrogen-bond acceptors (Lipinski definition) is 5. The zero-order valence-corrected chi connectivity index (χ0v) is 13.9. The fourth-order valence-corrected chi connectivity index (χ4v) is 3.80. The zero-order chi connectivity index (χ0) is 16.9. The minimum atomic E-state index is -0.499. The molecular weight excluding hydrogens is 320 g/mol. The number of benzene rings is 1. The van der Waals surface area contributed by atoms with Crippen LogP contribution in [0.3, 0.4) is 0 Å². The van der Waals surface area contributed by atoms with E-state index in [1.807, 2.05) is 24.3 Å². The molecular formula is C19H20N2O4. The molecule has 6 heteroatoms. The van der Waals surface area contributed by atoms with Crippen molar-refractivity contribution in [3.63, 3.8) is 0 Å². The van der Waals surface area contributed by atoms with E-state index in [0.717, 1.165) is 42.7 Å². The molecule has 2 aliphatic carbocycles. The summed E-state index contributed by atoms with van der Waals surface area (Å²) in [6.07, 6.45) is 6.25. The van der Waals surface area contributed by atoms with E-state index in [2.05, 4.69) is 10.5 Å². The van der Waals surface area contributed by atoms with Crippen LogP contribution >= 0.6 is 0 Å². The molecule has 2 saturated carbocycles. The van der Waals surface area contributed by atoms with E-state index in [1.165, 1.54) is 12.8 Å². The van der Waals surface area contributed by atoms with Crippen LogP contribution in [0.1, 0.15) is 44.2 Å². The smallest absolute Gasteiger partial charge is 0.232 e. The maximum Gasteiger partial charge on any atom is 0.232 e. The number of nitrogens with one attached hydrogen (secondary N) is 1. The lowest BCUT2D eigenvalue weighted by atomic mass is 9.99. The van der Waals surface area contributed by atoms with E-state index in [1.54, 1.807) is 0 Å². The first-order valence-electron chi connectivity index (χ1n) is 8.93. The summed E-state index contributed by atoms with van der Waals surface area (Å²) in [6.45, 7) is 0.241. The predicted octanol–water partition coefficient (Wildman–Crippen LogP) is 3.16. The summed E-state index contributed by atoms with van der Waals surface area (Å²) in [5.74, 6) is 2.19. The Balaban J connectivity index is 1.38. The Kier molecular flexibility index (Phi) is 3.26. The standard InChI is InChI=1S/C19H20N2O4/c22-18(20-13-3-1-2-4-13)19(7-8-19)17-10-15(25-21-17)12-5-6-14-16(9-12)24-11-23-14/h5-6,9-10,13H,1-4,7-8,11H2,(H,20,22). The quantitative estimate of drug-likeness (QED) is 0.925. The number of amides is 1. The molecule has 1 N–H and O–H groups in total. The molecule has 2 aromatic rings. The molecule has 0 saturated heterocycles. The van der Waals surface area contributed by atoms with Crippen LogP contribution < -0.4 is 14.8 Å². The second-order valence-electron chi connectivity index (χ2n) is 7.18. The Bertz CT molecular complexity index is 819. The molecule has 1 aromatic heterocycles. The number of carbonyl (C=O) groups is 1. The van der Waals surface area contributed by atoms with Gasteiger partial charge >= 0.3 is 0 Å². The maximum absolute atomic E-state index is 12.8. The molecule has 2 fully saturated rings. The normalized spacial score (nSPS) is 20.6. The van der Waals surface area contributed by atoms with Gasteiger partial charge in [0.05, 0.1) is 11.1 Å². The van der Waals surface area contributed by atoms with Gasteiger partial charge in [0.25, 0.3) is 0 Å². The number of carbonyl (C=O) groups excluding carboxylic acids is 1. The summed E-state index contributed by atoms with van der Waals surface area (Å²) < 4.78 is 16.3. The Morgan fingerprint density at radius 1 is 1.12 bits per heavy atom. The number of fused-ring (bicyclic) bond motifs is 1. The van der Waals surface area contributed by atoms with E-state index in [-0.39, 0.29) is 12.7 Å². The van der Waals surface area contributed by atoms with Gasteiger partial charge < -0.3 is 19.3 Å². The van der Waals surface area contributed by atoms with Crippen LogP contribution in [0.4, 0.5) is 0 Å². The van der Waals surface area contributed by atoms with Crippen LogP contribution in [0.15, 0.2) is 28.8 Å². The SMILES string of the molecule is O=C(NC1CCCC1)C1(c2cc(-c3ccc4c(c3)OCO4)on2)CC1. The van der Waals surface area contributed by atoms with Crippen LogP contribution in [0.2, 0.25) is 0 Å². The van der Waals surface area contributed by atoms with E-state index < -0.39 is 5.41 Å². The van der Waals surface area contributed by atoms with Gasteiger partial charge in [0.15, 0.2) is 17.3 Å². The van der Waals surface area contributed by atoms with Crippen molar-refractivity contribution in [2.75, 3.05) is 6.79 Å². The molecule has 3 aliphatic rings. The third-order valence-corrected chi connectivity index (χ3v) is 5.53. The van der Waals surface area contributed by atoms with E-state index in [0.29, 0.717) is 17.6 Å². The molecule has 0 radical (unpaired) electrons. The van der Waals surface area contributed by atoms with Crippen molar-refractivity contribution in [3.05, 3.63) is 30.0 Å². The first kappa shape index (κ1) is 14.8. The van der Waals surface area contributed by atoms with E-state index in [9.17, 15) is 4.79 Å². The highest BCUT2D eigenvalue weighted by atomic mass is 16.7. The molecule has 0 spiro atoms. The van der Waals surface area contributed by atoms with Gasteiger partial charge in [0.2, 0.25) is 12.7 Å². The van der Waals surface area contributed by atoms with Gasteiger partial charge in [0, 0.05) is 17.7 Å². The highest BCUT2D eigenvalue weighted by molar-refractivity contribution is 5.91. The minimum absolute atomic E-state index is 0.102. The van der Waals surface area contributed by atoms with Crippen LogP contribution in [-0.2, 0) is 10.2 Å². The second-order valence-corrected chi connectivity index (χ2v) is 7.18. The molecule has 0 atom stereocenters. The molecule has 1 aliphatic heterocycles. The first-order chi connectivity index (χ1) is 12.2. The van der Waals surface area contributed by atoms with Gasteiger partial charge in [-0.05, 0) is 43.9 Å². The third-order valence-electron chi connectivity index (χ3n) is 5.53. The van der Waals surface area contributed by atoms with Crippen LogP contribution in [0.5, 0.6) is 11.5 Å². The summed E-state index contributed by atoms with van der Waals surface area (Å²) in [7, 11) is 0. The fraction of sp³-hybridized carbons (Fsp3) is 0.474. The lowest BCUT2D eigenvalue weighted by Gasteiger charge is -2.17. The van der Waals surface area contributed by atoms with Gasteiger partial charge in [-0.2, -0.15) is 0 Å². The molecule has 25 heavy (non-hydrogen) atoms. The summed E-state index contributed by atoms with van der Waals surface area (Å²) >= 11 is 0. The van der Waals surface area contributed by atoms with Crippen molar-refractivity contribution in [2.45, 2.75) is 50.0 Å².